The van der Waals surface area contributed by atoms with E-state index in [1.165, 1.54) is 12.1 Å². The third-order valence-electron chi connectivity index (χ3n) is 4.03. The van der Waals surface area contributed by atoms with Gasteiger partial charge in [0.2, 0.25) is 5.91 Å². The van der Waals surface area contributed by atoms with Crippen LogP contribution in [0.5, 0.6) is 0 Å². The molecule has 0 spiro atoms. The van der Waals surface area contributed by atoms with Crippen LogP contribution in [0.3, 0.4) is 0 Å². The average molecular weight is 341 g/mol. The zero-order chi connectivity index (χ0) is 16.8. The number of carbonyl (C=O) groups is 2. The van der Waals surface area contributed by atoms with Crippen molar-refractivity contribution in [2.75, 3.05) is 19.6 Å². The standard InChI is InChI=1S/C17H22ClFN2O2/c1-2-4-16(22)20-10-12-5-3-8-21(11-12)17(23)14-7-6-13(19)9-15(14)18/h6-7,9,12H,2-5,8,10-11H2,1H3,(H,20,22). The van der Waals surface area contributed by atoms with Crippen molar-refractivity contribution >= 4 is 23.4 Å². The fraction of sp³-hybridized carbons (Fsp3) is 0.529. The summed E-state index contributed by atoms with van der Waals surface area (Å²) in [5.74, 6) is -0.341. The highest BCUT2D eigenvalue weighted by Gasteiger charge is 2.26. The van der Waals surface area contributed by atoms with Gasteiger partial charge in [0.05, 0.1) is 10.6 Å². The van der Waals surface area contributed by atoms with E-state index in [1.54, 1.807) is 4.90 Å². The van der Waals surface area contributed by atoms with Crippen LogP contribution in [0.2, 0.25) is 5.02 Å². The molecule has 23 heavy (non-hydrogen) atoms. The lowest BCUT2D eigenvalue weighted by atomic mass is 9.97. The first kappa shape index (κ1) is 17.7. The number of rotatable bonds is 5. The molecule has 1 heterocycles. The molecule has 0 bridgehead atoms. The maximum Gasteiger partial charge on any atom is 0.255 e. The molecule has 0 saturated carbocycles. The lowest BCUT2D eigenvalue weighted by molar-refractivity contribution is -0.121. The lowest BCUT2D eigenvalue weighted by Gasteiger charge is -2.33. The molecule has 1 aliphatic rings. The first-order chi connectivity index (χ1) is 11.0. The van der Waals surface area contributed by atoms with Crippen molar-refractivity contribution in [3.63, 3.8) is 0 Å². The minimum absolute atomic E-state index is 0.0533. The zero-order valence-electron chi connectivity index (χ0n) is 13.3. The van der Waals surface area contributed by atoms with Gasteiger partial charge in [-0.25, -0.2) is 4.39 Å². The monoisotopic (exact) mass is 340 g/mol. The predicted octanol–water partition coefficient (Wildman–Crippen LogP) is 3.25. The molecule has 6 heteroatoms. The number of piperidine rings is 1. The highest BCUT2D eigenvalue weighted by molar-refractivity contribution is 6.33. The number of nitrogens with one attached hydrogen (secondary N) is 1. The summed E-state index contributed by atoms with van der Waals surface area (Å²) in [5.41, 5.74) is 0.323. The third kappa shape index (κ3) is 4.93. The van der Waals surface area contributed by atoms with E-state index in [1.807, 2.05) is 6.92 Å². The van der Waals surface area contributed by atoms with Crippen molar-refractivity contribution in [2.24, 2.45) is 5.92 Å². The summed E-state index contributed by atoms with van der Waals surface area (Å²) in [7, 11) is 0. The number of halogens is 2. The molecule has 1 saturated heterocycles. The van der Waals surface area contributed by atoms with Gasteiger partial charge in [0.15, 0.2) is 0 Å². The summed E-state index contributed by atoms with van der Waals surface area (Å²) >= 11 is 5.97. The number of hydrogen-bond acceptors (Lipinski definition) is 2. The molecule has 2 rings (SSSR count). The van der Waals surface area contributed by atoms with E-state index < -0.39 is 5.82 Å². The minimum atomic E-state index is -0.457. The van der Waals surface area contributed by atoms with Crippen LogP contribution in [0, 0.1) is 11.7 Å². The fourth-order valence-corrected chi connectivity index (χ4v) is 3.07. The first-order valence-corrected chi connectivity index (χ1v) is 8.40. The Kier molecular flexibility index (Phi) is 6.39. The van der Waals surface area contributed by atoms with Gasteiger partial charge in [0.1, 0.15) is 5.82 Å². The molecule has 1 unspecified atom stereocenters. The van der Waals surface area contributed by atoms with Crippen LogP contribution in [-0.2, 0) is 4.79 Å². The topological polar surface area (TPSA) is 49.4 Å². The Bertz CT molecular complexity index is 580. The second kappa shape index (κ2) is 8.29. The molecule has 1 fully saturated rings. The van der Waals surface area contributed by atoms with E-state index in [9.17, 15) is 14.0 Å². The molecule has 0 radical (unpaired) electrons. The Labute approximate surface area is 141 Å². The van der Waals surface area contributed by atoms with Crippen LogP contribution in [0.15, 0.2) is 18.2 Å². The van der Waals surface area contributed by atoms with Gasteiger partial charge < -0.3 is 10.2 Å². The molecule has 4 nitrogen and oxygen atoms in total. The van der Waals surface area contributed by atoms with Crippen LogP contribution in [0.25, 0.3) is 0 Å². The molecule has 1 aromatic rings. The molecule has 1 N–H and O–H groups in total. The summed E-state index contributed by atoms with van der Waals surface area (Å²) in [5, 5.41) is 3.05. The first-order valence-electron chi connectivity index (χ1n) is 8.02. The second-order valence-corrected chi connectivity index (χ2v) is 6.34. The molecule has 0 aromatic heterocycles. The maximum atomic E-state index is 13.1. The van der Waals surface area contributed by atoms with Gasteiger partial charge in [-0.3, -0.25) is 9.59 Å². The quantitative estimate of drug-likeness (QED) is 0.894. The Morgan fingerprint density at radius 1 is 1.43 bits per heavy atom. The molecule has 2 amide bonds. The summed E-state index contributed by atoms with van der Waals surface area (Å²) < 4.78 is 13.1. The summed E-state index contributed by atoms with van der Waals surface area (Å²) in [6.07, 6.45) is 3.22. The number of benzene rings is 1. The maximum absolute atomic E-state index is 13.1. The van der Waals surface area contributed by atoms with Crippen molar-refractivity contribution in [3.05, 3.63) is 34.6 Å². The molecule has 1 aromatic carbocycles. The number of carbonyl (C=O) groups excluding carboxylic acids is 2. The van der Waals surface area contributed by atoms with Crippen molar-refractivity contribution in [1.29, 1.82) is 0 Å². The van der Waals surface area contributed by atoms with Gasteiger partial charge in [-0.1, -0.05) is 18.5 Å². The van der Waals surface area contributed by atoms with E-state index in [0.29, 0.717) is 31.6 Å². The van der Waals surface area contributed by atoms with Crippen molar-refractivity contribution in [2.45, 2.75) is 32.6 Å². The van der Waals surface area contributed by atoms with E-state index >= 15 is 0 Å². The second-order valence-electron chi connectivity index (χ2n) is 5.94. The van der Waals surface area contributed by atoms with E-state index in [-0.39, 0.29) is 22.8 Å². The van der Waals surface area contributed by atoms with Gasteiger partial charge in [-0.15, -0.1) is 0 Å². The summed E-state index contributed by atoms with van der Waals surface area (Å²) in [6.45, 7) is 3.79. The molecular weight excluding hydrogens is 319 g/mol. The van der Waals surface area contributed by atoms with Gasteiger partial charge >= 0.3 is 0 Å². The van der Waals surface area contributed by atoms with E-state index in [0.717, 1.165) is 25.3 Å². The van der Waals surface area contributed by atoms with Crippen LogP contribution < -0.4 is 5.32 Å². The number of likely N-dealkylation sites (tertiary alicyclic amines) is 1. The van der Waals surface area contributed by atoms with Gasteiger partial charge in [-0.2, -0.15) is 0 Å². The summed E-state index contributed by atoms with van der Waals surface area (Å²) in [6, 6.07) is 3.82. The Morgan fingerprint density at radius 3 is 2.91 bits per heavy atom. The third-order valence-corrected chi connectivity index (χ3v) is 4.35. The number of hydrogen-bond donors (Lipinski definition) is 1. The molecule has 1 aliphatic heterocycles. The molecular formula is C17H22ClFN2O2. The predicted molar refractivity (Wildman–Crippen MR) is 88.0 cm³/mol. The zero-order valence-corrected chi connectivity index (χ0v) is 14.0. The SMILES string of the molecule is CCCC(=O)NCC1CCCN(C(=O)c2ccc(F)cc2Cl)C1. The van der Waals surface area contributed by atoms with Crippen molar-refractivity contribution in [1.82, 2.24) is 10.2 Å². The smallest absolute Gasteiger partial charge is 0.255 e. The highest BCUT2D eigenvalue weighted by Crippen LogP contribution is 2.23. The van der Waals surface area contributed by atoms with Crippen molar-refractivity contribution in [3.8, 4) is 0 Å². The summed E-state index contributed by atoms with van der Waals surface area (Å²) in [4.78, 5) is 25.8. The van der Waals surface area contributed by atoms with Crippen LogP contribution >= 0.6 is 11.6 Å². The van der Waals surface area contributed by atoms with E-state index in [4.69, 9.17) is 11.6 Å². The minimum Gasteiger partial charge on any atom is -0.356 e. The molecule has 126 valence electrons. The highest BCUT2D eigenvalue weighted by atomic mass is 35.5. The average Bonchev–Trinajstić information content (AvgIpc) is 2.53. The lowest BCUT2D eigenvalue weighted by Crippen LogP contribution is -2.43. The molecule has 1 atom stereocenters. The van der Waals surface area contributed by atoms with Gasteiger partial charge in [-0.05, 0) is 43.4 Å². The van der Waals surface area contributed by atoms with Crippen LogP contribution in [0.1, 0.15) is 43.0 Å². The number of nitrogens with zero attached hydrogens (tertiary/aromatic N) is 1. The fourth-order valence-electron chi connectivity index (χ4n) is 2.82. The van der Waals surface area contributed by atoms with Crippen LogP contribution in [0.4, 0.5) is 4.39 Å². The Hall–Kier alpha value is -1.62. The van der Waals surface area contributed by atoms with Crippen LogP contribution in [-0.4, -0.2) is 36.3 Å². The molecule has 0 aliphatic carbocycles. The van der Waals surface area contributed by atoms with E-state index in [2.05, 4.69) is 5.32 Å². The largest absolute Gasteiger partial charge is 0.356 e. The number of amides is 2. The van der Waals surface area contributed by atoms with Gasteiger partial charge in [0.25, 0.3) is 5.91 Å². The van der Waals surface area contributed by atoms with Gasteiger partial charge in [0, 0.05) is 26.1 Å². The Balaban J connectivity index is 1.95. The van der Waals surface area contributed by atoms with Crippen molar-refractivity contribution < 1.29 is 14.0 Å². The Morgan fingerprint density at radius 2 is 2.22 bits per heavy atom. The normalized spacial score (nSPS) is 17.9.